The first-order valence-corrected chi connectivity index (χ1v) is 13.0. The molecule has 0 bridgehead atoms. The third-order valence-corrected chi connectivity index (χ3v) is 7.33. The molecule has 0 unspecified atom stereocenters. The van der Waals surface area contributed by atoms with Crippen molar-refractivity contribution in [2.24, 2.45) is 4.99 Å². The summed E-state index contributed by atoms with van der Waals surface area (Å²) in [4.78, 5) is 23.7. The lowest BCUT2D eigenvalue weighted by atomic mass is 9.99. The highest BCUT2D eigenvalue weighted by Gasteiger charge is 2.28. The molecule has 0 aromatic carbocycles. The number of likely N-dealkylation sites (tertiary alicyclic amines) is 1. The molecule has 0 amide bonds. The summed E-state index contributed by atoms with van der Waals surface area (Å²) in [5.74, 6) is 2.06. The number of aromatic nitrogens is 3. The number of nitrogens with one attached hydrogen (secondary N) is 1. The maximum absolute atomic E-state index is 6.41. The molecule has 3 aliphatic rings. The molecule has 196 valence electrons. The second kappa shape index (κ2) is 10.6. The molecule has 0 radical (unpaired) electrons. The van der Waals surface area contributed by atoms with E-state index in [9.17, 15) is 0 Å². The van der Waals surface area contributed by atoms with Crippen LogP contribution in [-0.4, -0.2) is 72.0 Å². The fraction of sp³-hybridized carbons (Fsp3) is 0.500. The van der Waals surface area contributed by atoms with E-state index in [1.165, 1.54) is 0 Å². The number of likely N-dealkylation sites (N-methyl/N-ethyl adjacent to an activating group) is 1. The van der Waals surface area contributed by atoms with Gasteiger partial charge in [0.1, 0.15) is 12.4 Å². The zero-order valence-corrected chi connectivity index (χ0v) is 22.6. The van der Waals surface area contributed by atoms with E-state index in [0.29, 0.717) is 19.1 Å². The van der Waals surface area contributed by atoms with Gasteiger partial charge in [0, 0.05) is 60.8 Å². The fourth-order valence-corrected chi connectivity index (χ4v) is 5.38. The normalized spacial score (nSPS) is 20.1. The number of pyridine rings is 1. The molecule has 2 saturated heterocycles. The molecule has 2 aromatic heterocycles. The van der Waals surface area contributed by atoms with Crippen LogP contribution in [0, 0.1) is 13.8 Å². The zero-order chi connectivity index (χ0) is 26.1. The Morgan fingerprint density at radius 2 is 1.81 bits per heavy atom. The molecule has 0 saturated carbocycles. The van der Waals surface area contributed by atoms with Gasteiger partial charge < -0.3 is 24.6 Å². The smallest absolute Gasteiger partial charge is 0.159 e. The number of fused-ring (bicyclic) bond motifs is 1. The van der Waals surface area contributed by atoms with Crippen LogP contribution in [0.25, 0.3) is 5.70 Å². The molecular formula is C28H37N7O2. The van der Waals surface area contributed by atoms with Gasteiger partial charge in [-0.1, -0.05) is 6.58 Å². The Balaban J connectivity index is 1.37. The lowest BCUT2D eigenvalue weighted by Gasteiger charge is -2.35. The Kier molecular flexibility index (Phi) is 7.26. The van der Waals surface area contributed by atoms with E-state index in [1.54, 1.807) is 0 Å². The van der Waals surface area contributed by atoms with Gasteiger partial charge in [0.05, 0.1) is 48.2 Å². The van der Waals surface area contributed by atoms with Gasteiger partial charge in [0.2, 0.25) is 0 Å². The summed E-state index contributed by atoms with van der Waals surface area (Å²) in [7, 11) is 2.12. The summed E-state index contributed by atoms with van der Waals surface area (Å²) in [5.41, 5.74) is 8.45. The van der Waals surface area contributed by atoms with Crippen LogP contribution in [0.3, 0.4) is 0 Å². The molecule has 9 heteroatoms. The van der Waals surface area contributed by atoms with Gasteiger partial charge in [-0.3, -0.25) is 9.98 Å². The SMILES string of the molecule is C=C(N/C(C)=C1/OCc2c(N3CCOCC3)ccnc2CN=C1C)c1c(C)nc(C2CN(C)C2)nc1C. The van der Waals surface area contributed by atoms with Crippen LogP contribution in [0.15, 0.2) is 35.3 Å². The second-order valence-electron chi connectivity index (χ2n) is 10.1. The van der Waals surface area contributed by atoms with Crippen molar-refractivity contribution in [1.82, 2.24) is 25.2 Å². The molecule has 5 heterocycles. The zero-order valence-electron chi connectivity index (χ0n) is 22.6. The minimum Gasteiger partial charge on any atom is -0.485 e. The average Bonchev–Trinajstić information content (AvgIpc) is 2.84. The van der Waals surface area contributed by atoms with Crippen molar-refractivity contribution < 1.29 is 9.47 Å². The molecule has 2 fully saturated rings. The summed E-state index contributed by atoms with van der Waals surface area (Å²) >= 11 is 0. The standard InChI is InChI=1S/C28H37N7O2/c1-17(26-18(2)32-28(33-19(26)3)22-14-34(6)15-22)31-21(5)27-20(4)30-13-24-23(16-37-27)25(7-8-29-24)35-9-11-36-12-10-35/h7-8,22,31H,1,9-16H2,2-6H3/b27-21+,30-20?. The number of anilines is 1. The quantitative estimate of drug-likeness (QED) is 0.665. The maximum atomic E-state index is 6.41. The second-order valence-corrected chi connectivity index (χ2v) is 10.1. The monoisotopic (exact) mass is 503 g/mol. The number of hydrogen-bond acceptors (Lipinski definition) is 9. The highest BCUT2D eigenvalue weighted by molar-refractivity contribution is 5.97. The van der Waals surface area contributed by atoms with Crippen LogP contribution in [-0.2, 0) is 22.6 Å². The predicted molar refractivity (Wildman–Crippen MR) is 145 cm³/mol. The van der Waals surface area contributed by atoms with Crippen molar-refractivity contribution in [2.45, 2.75) is 46.8 Å². The van der Waals surface area contributed by atoms with Gasteiger partial charge in [-0.05, 0) is 40.8 Å². The summed E-state index contributed by atoms with van der Waals surface area (Å²) in [5, 5.41) is 3.46. The first-order chi connectivity index (χ1) is 17.8. The van der Waals surface area contributed by atoms with Crippen LogP contribution in [0.1, 0.15) is 53.8 Å². The third kappa shape index (κ3) is 5.24. The largest absolute Gasteiger partial charge is 0.485 e. The molecule has 0 spiro atoms. The lowest BCUT2D eigenvalue weighted by molar-refractivity contribution is 0.122. The van der Waals surface area contributed by atoms with Crippen LogP contribution in [0.5, 0.6) is 0 Å². The number of allylic oxidation sites excluding steroid dienone is 2. The number of morpholine rings is 1. The number of aliphatic imine (C=N–C) groups is 1. The highest BCUT2D eigenvalue weighted by Crippen LogP contribution is 2.29. The number of nitrogens with zero attached hydrogens (tertiary/aromatic N) is 6. The van der Waals surface area contributed by atoms with E-state index in [2.05, 4.69) is 39.8 Å². The fourth-order valence-electron chi connectivity index (χ4n) is 5.38. The molecule has 1 N–H and O–H groups in total. The number of rotatable bonds is 5. The Hall–Kier alpha value is -3.30. The summed E-state index contributed by atoms with van der Waals surface area (Å²) in [6, 6.07) is 2.07. The Labute approximate surface area is 219 Å². The average molecular weight is 504 g/mol. The van der Waals surface area contributed by atoms with E-state index in [4.69, 9.17) is 24.4 Å². The van der Waals surface area contributed by atoms with Crippen molar-refractivity contribution in [3.05, 3.63) is 64.3 Å². The van der Waals surface area contributed by atoms with E-state index in [0.717, 1.165) is 102 Å². The van der Waals surface area contributed by atoms with Crippen LogP contribution in [0.4, 0.5) is 5.69 Å². The predicted octanol–water partition coefficient (Wildman–Crippen LogP) is 3.34. The van der Waals surface area contributed by atoms with Crippen molar-refractivity contribution in [3.63, 3.8) is 0 Å². The number of ether oxygens (including phenoxy) is 2. The van der Waals surface area contributed by atoms with Gasteiger partial charge in [-0.25, -0.2) is 9.97 Å². The molecule has 37 heavy (non-hydrogen) atoms. The topological polar surface area (TPSA) is 88.0 Å². The summed E-state index contributed by atoms with van der Waals surface area (Å²) < 4.78 is 12.0. The Bertz CT molecular complexity index is 1230. The van der Waals surface area contributed by atoms with Gasteiger partial charge in [-0.2, -0.15) is 0 Å². The van der Waals surface area contributed by atoms with Gasteiger partial charge >= 0.3 is 0 Å². The van der Waals surface area contributed by atoms with Gasteiger partial charge in [0.15, 0.2) is 5.76 Å². The Morgan fingerprint density at radius 3 is 2.49 bits per heavy atom. The minimum absolute atomic E-state index is 0.406. The summed E-state index contributed by atoms with van der Waals surface area (Å²) in [6.07, 6.45) is 1.87. The van der Waals surface area contributed by atoms with E-state index in [1.807, 2.05) is 33.9 Å². The van der Waals surface area contributed by atoms with E-state index < -0.39 is 0 Å². The number of aryl methyl sites for hydroxylation is 2. The van der Waals surface area contributed by atoms with Crippen LogP contribution in [0.2, 0.25) is 0 Å². The van der Waals surface area contributed by atoms with Crippen molar-refractivity contribution >= 4 is 17.1 Å². The molecule has 2 aromatic rings. The first-order valence-electron chi connectivity index (χ1n) is 13.0. The van der Waals surface area contributed by atoms with Crippen LogP contribution < -0.4 is 10.2 Å². The molecule has 0 aliphatic carbocycles. The molecule has 9 nitrogen and oxygen atoms in total. The summed E-state index contributed by atoms with van der Waals surface area (Å²) in [6.45, 7) is 18.5. The first kappa shape index (κ1) is 25.4. The minimum atomic E-state index is 0.406. The molecular weight excluding hydrogens is 466 g/mol. The van der Waals surface area contributed by atoms with Gasteiger partial charge in [-0.15, -0.1) is 0 Å². The van der Waals surface area contributed by atoms with Crippen molar-refractivity contribution in [3.8, 4) is 0 Å². The number of hydrogen-bond donors (Lipinski definition) is 1. The molecule has 0 atom stereocenters. The molecule has 5 rings (SSSR count). The lowest BCUT2D eigenvalue weighted by Crippen LogP contribution is -2.42. The van der Waals surface area contributed by atoms with Crippen LogP contribution >= 0.6 is 0 Å². The highest BCUT2D eigenvalue weighted by atomic mass is 16.5. The third-order valence-electron chi connectivity index (χ3n) is 7.33. The Morgan fingerprint density at radius 1 is 1.11 bits per heavy atom. The van der Waals surface area contributed by atoms with Crippen molar-refractivity contribution in [1.29, 1.82) is 0 Å². The maximum Gasteiger partial charge on any atom is 0.159 e. The van der Waals surface area contributed by atoms with Gasteiger partial charge in [0.25, 0.3) is 0 Å². The van der Waals surface area contributed by atoms with Crippen molar-refractivity contribution in [2.75, 3.05) is 51.3 Å². The van der Waals surface area contributed by atoms with E-state index in [-0.39, 0.29) is 0 Å². The van der Waals surface area contributed by atoms with E-state index >= 15 is 0 Å². The molecule has 3 aliphatic heterocycles.